The van der Waals surface area contributed by atoms with E-state index in [4.69, 9.17) is 16.6 Å². The fourth-order valence-corrected chi connectivity index (χ4v) is 3.95. The third-order valence-electron chi connectivity index (χ3n) is 4.28. The molecule has 1 atom stereocenters. The third-order valence-corrected chi connectivity index (χ3v) is 5.43. The number of halogens is 1. The Labute approximate surface area is 168 Å². The molecule has 1 aromatic heterocycles. The second kappa shape index (κ2) is 8.55. The van der Waals surface area contributed by atoms with Crippen molar-refractivity contribution < 1.29 is 4.79 Å². The van der Waals surface area contributed by atoms with Gasteiger partial charge in [-0.25, -0.2) is 4.98 Å². The van der Waals surface area contributed by atoms with Crippen LogP contribution in [0.25, 0.3) is 11.3 Å². The monoisotopic (exact) mass is 399 g/mol. The quantitative estimate of drug-likeness (QED) is 0.600. The Kier molecular flexibility index (Phi) is 6.14. The summed E-state index contributed by atoms with van der Waals surface area (Å²) in [6, 6.07) is 15.3. The lowest BCUT2D eigenvalue weighted by atomic mass is 10.1. The Morgan fingerprint density at radius 1 is 1.22 bits per heavy atom. The van der Waals surface area contributed by atoms with Crippen molar-refractivity contribution in [1.29, 1.82) is 0 Å². The number of carbonyl (C=O) groups excluding carboxylic acids is 1. The first-order valence-electron chi connectivity index (χ1n) is 8.85. The number of nitrogens with one attached hydrogen (secondary N) is 1. The van der Waals surface area contributed by atoms with Gasteiger partial charge >= 0.3 is 0 Å². The van der Waals surface area contributed by atoms with Crippen LogP contribution >= 0.6 is 22.9 Å². The zero-order valence-corrected chi connectivity index (χ0v) is 17.1. The van der Waals surface area contributed by atoms with Crippen LogP contribution in [-0.2, 0) is 4.79 Å². The summed E-state index contributed by atoms with van der Waals surface area (Å²) in [7, 11) is 0. The lowest BCUT2D eigenvalue weighted by Crippen LogP contribution is -2.43. The van der Waals surface area contributed by atoms with Gasteiger partial charge in [-0.15, -0.1) is 11.3 Å². The van der Waals surface area contributed by atoms with Gasteiger partial charge < -0.3 is 10.2 Å². The van der Waals surface area contributed by atoms with Crippen molar-refractivity contribution >= 4 is 39.7 Å². The summed E-state index contributed by atoms with van der Waals surface area (Å²) in [4.78, 5) is 19.2. The van der Waals surface area contributed by atoms with E-state index in [1.165, 1.54) is 16.9 Å². The second-order valence-corrected chi connectivity index (χ2v) is 7.52. The molecule has 0 fully saturated rings. The minimum absolute atomic E-state index is 0.0653. The van der Waals surface area contributed by atoms with E-state index in [9.17, 15) is 4.79 Å². The normalized spacial score (nSPS) is 11.9. The Hall–Kier alpha value is -2.37. The van der Waals surface area contributed by atoms with Crippen molar-refractivity contribution in [2.45, 2.75) is 26.8 Å². The van der Waals surface area contributed by atoms with Gasteiger partial charge in [0.15, 0.2) is 5.13 Å². The summed E-state index contributed by atoms with van der Waals surface area (Å²) < 4.78 is 0. The molecular weight excluding hydrogens is 378 g/mol. The van der Waals surface area contributed by atoms with Crippen molar-refractivity contribution in [3.8, 4) is 11.3 Å². The van der Waals surface area contributed by atoms with Gasteiger partial charge in [-0.05, 0) is 32.9 Å². The molecule has 3 rings (SSSR count). The molecule has 0 aliphatic heterocycles. The number of aromatic nitrogens is 1. The highest BCUT2D eigenvalue weighted by atomic mass is 35.5. The van der Waals surface area contributed by atoms with E-state index in [1.807, 2.05) is 48.4 Å². The number of para-hydroxylation sites is 1. The molecule has 0 unspecified atom stereocenters. The molecule has 4 nitrogen and oxygen atoms in total. The average molecular weight is 400 g/mol. The van der Waals surface area contributed by atoms with Crippen LogP contribution in [0.15, 0.2) is 53.9 Å². The van der Waals surface area contributed by atoms with Crippen LogP contribution in [0.5, 0.6) is 0 Å². The van der Waals surface area contributed by atoms with E-state index in [0.29, 0.717) is 11.6 Å². The third kappa shape index (κ3) is 4.31. The minimum atomic E-state index is -0.443. The predicted molar refractivity (Wildman–Crippen MR) is 114 cm³/mol. The molecule has 3 aromatic rings. The highest BCUT2D eigenvalue weighted by molar-refractivity contribution is 7.14. The number of thiazole rings is 1. The first-order valence-corrected chi connectivity index (χ1v) is 10.1. The van der Waals surface area contributed by atoms with Crippen molar-refractivity contribution in [2.75, 3.05) is 11.4 Å². The predicted octanol–water partition coefficient (Wildman–Crippen LogP) is 5.43. The molecule has 0 aliphatic rings. The molecule has 6 heteroatoms. The Balaban J connectivity index is 2.02. The van der Waals surface area contributed by atoms with Gasteiger partial charge in [-0.1, -0.05) is 53.6 Å². The number of hydrogen-bond donors (Lipinski definition) is 1. The van der Waals surface area contributed by atoms with Crippen molar-refractivity contribution in [1.82, 2.24) is 10.3 Å². The Morgan fingerprint density at radius 3 is 2.59 bits per heavy atom. The standard InChI is InChI=1S/C21H22ClN3OS/c1-4-23-20(26)15(3)25(19-8-6-5-7-17(19)22)21-24-18(13-27-21)16-11-9-14(2)10-12-16/h5-13,15H,4H2,1-3H3,(H,23,26)/t15-/m0/s1. The molecule has 1 amide bonds. The number of likely N-dealkylation sites (N-methyl/N-ethyl adjacent to an activating group) is 1. The zero-order chi connectivity index (χ0) is 19.4. The van der Waals surface area contributed by atoms with Gasteiger partial charge in [0.1, 0.15) is 6.04 Å². The summed E-state index contributed by atoms with van der Waals surface area (Å²) >= 11 is 7.94. The smallest absolute Gasteiger partial charge is 0.242 e. The molecule has 0 radical (unpaired) electrons. The number of anilines is 2. The minimum Gasteiger partial charge on any atom is -0.355 e. The highest BCUT2D eigenvalue weighted by Gasteiger charge is 2.27. The van der Waals surface area contributed by atoms with Crippen molar-refractivity contribution in [2.24, 2.45) is 0 Å². The molecule has 2 aromatic carbocycles. The first kappa shape index (κ1) is 19.4. The largest absolute Gasteiger partial charge is 0.355 e. The molecule has 0 aliphatic carbocycles. The van der Waals surface area contributed by atoms with Gasteiger partial charge in [0.2, 0.25) is 5.91 Å². The van der Waals surface area contributed by atoms with Crippen molar-refractivity contribution in [3.63, 3.8) is 0 Å². The maximum absolute atomic E-state index is 12.5. The SMILES string of the molecule is CCNC(=O)[C@H](C)N(c1nc(-c2ccc(C)cc2)cs1)c1ccccc1Cl. The lowest BCUT2D eigenvalue weighted by molar-refractivity contribution is -0.121. The fraction of sp³-hybridized carbons (Fsp3) is 0.238. The number of rotatable bonds is 6. The molecule has 0 bridgehead atoms. The number of aryl methyl sites for hydroxylation is 1. The average Bonchev–Trinajstić information content (AvgIpc) is 3.14. The van der Waals surface area contributed by atoms with Gasteiger partial charge in [0.25, 0.3) is 0 Å². The molecule has 0 saturated heterocycles. The van der Waals surface area contributed by atoms with E-state index < -0.39 is 6.04 Å². The summed E-state index contributed by atoms with van der Waals surface area (Å²) in [5.74, 6) is -0.0653. The highest BCUT2D eigenvalue weighted by Crippen LogP contribution is 2.37. The number of nitrogens with zero attached hydrogens (tertiary/aromatic N) is 2. The van der Waals surface area contributed by atoms with E-state index in [0.717, 1.165) is 22.1 Å². The Morgan fingerprint density at radius 2 is 1.93 bits per heavy atom. The fourth-order valence-electron chi connectivity index (χ4n) is 2.80. The second-order valence-electron chi connectivity index (χ2n) is 6.27. The van der Waals surface area contributed by atoms with Crippen LogP contribution in [-0.4, -0.2) is 23.5 Å². The molecule has 1 N–H and O–H groups in total. The van der Waals surface area contributed by atoms with Crippen LogP contribution in [0.1, 0.15) is 19.4 Å². The van der Waals surface area contributed by atoms with Gasteiger partial charge in [-0.3, -0.25) is 4.79 Å². The topological polar surface area (TPSA) is 45.2 Å². The van der Waals surface area contributed by atoms with E-state index in [1.54, 1.807) is 0 Å². The number of amides is 1. The summed E-state index contributed by atoms with van der Waals surface area (Å²) in [5, 5.41) is 6.21. The molecular formula is C21H22ClN3OS. The number of benzene rings is 2. The van der Waals surface area contributed by atoms with E-state index in [2.05, 4.69) is 36.5 Å². The van der Waals surface area contributed by atoms with Gasteiger partial charge in [-0.2, -0.15) is 0 Å². The molecule has 0 spiro atoms. The van der Waals surface area contributed by atoms with Crippen LogP contribution < -0.4 is 10.2 Å². The first-order chi connectivity index (χ1) is 13.0. The van der Waals surface area contributed by atoms with Crippen molar-refractivity contribution in [3.05, 3.63) is 64.5 Å². The number of carbonyl (C=O) groups is 1. The van der Waals surface area contributed by atoms with Crippen LogP contribution in [0.4, 0.5) is 10.8 Å². The van der Waals surface area contributed by atoms with Gasteiger partial charge in [0, 0.05) is 17.5 Å². The summed E-state index contributed by atoms with van der Waals surface area (Å²) in [6.07, 6.45) is 0. The lowest BCUT2D eigenvalue weighted by Gasteiger charge is -2.28. The summed E-state index contributed by atoms with van der Waals surface area (Å²) in [6.45, 7) is 6.40. The molecule has 140 valence electrons. The number of hydrogen-bond acceptors (Lipinski definition) is 4. The molecule has 27 heavy (non-hydrogen) atoms. The summed E-state index contributed by atoms with van der Waals surface area (Å²) in [5.41, 5.74) is 3.91. The van der Waals surface area contributed by atoms with Crippen LogP contribution in [0.3, 0.4) is 0 Å². The Bertz CT molecular complexity index is 923. The molecule has 0 saturated carbocycles. The van der Waals surface area contributed by atoms with Gasteiger partial charge in [0.05, 0.1) is 16.4 Å². The van der Waals surface area contributed by atoms with Crippen LogP contribution in [0.2, 0.25) is 5.02 Å². The zero-order valence-electron chi connectivity index (χ0n) is 15.6. The van der Waals surface area contributed by atoms with E-state index in [-0.39, 0.29) is 5.91 Å². The maximum atomic E-state index is 12.5. The molecule has 1 heterocycles. The van der Waals surface area contributed by atoms with Crippen LogP contribution in [0, 0.1) is 6.92 Å². The van der Waals surface area contributed by atoms with E-state index >= 15 is 0 Å². The maximum Gasteiger partial charge on any atom is 0.242 e.